The van der Waals surface area contributed by atoms with Crippen LogP contribution in [0.5, 0.6) is 0 Å². The molecule has 1 saturated heterocycles. The van der Waals surface area contributed by atoms with E-state index in [2.05, 4.69) is 10.1 Å². The van der Waals surface area contributed by atoms with E-state index in [-0.39, 0.29) is 5.75 Å². The fourth-order valence-corrected chi connectivity index (χ4v) is 3.65. The number of hydrogen-bond donors (Lipinski definition) is 1. The number of rotatable bonds is 5. The van der Waals surface area contributed by atoms with Crippen LogP contribution in [-0.4, -0.2) is 36.3 Å². The molecule has 1 fully saturated rings. The fourth-order valence-electron chi connectivity index (χ4n) is 1.77. The molecule has 18 heavy (non-hydrogen) atoms. The number of hydrogen-bond acceptors (Lipinski definition) is 7. The summed E-state index contributed by atoms with van der Waals surface area (Å²) in [6, 6.07) is -0.507. The second kappa shape index (κ2) is 5.58. The van der Waals surface area contributed by atoms with Crippen molar-refractivity contribution < 1.29 is 12.9 Å². The zero-order chi connectivity index (χ0) is 13.2. The van der Waals surface area contributed by atoms with E-state index in [9.17, 15) is 8.42 Å². The first-order valence-electron chi connectivity index (χ1n) is 5.84. The van der Waals surface area contributed by atoms with Crippen LogP contribution in [0.2, 0.25) is 0 Å². The van der Waals surface area contributed by atoms with Crippen LogP contribution in [-0.2, 0) is 9.84 Å². The molecule has 0 spiro atoms. The topological polar surface area (TPSA) is 99.1 Å². The lowest BCUT2D eigenvalue weighted by Gasteiger charge is -2.04. The summed E-state index contributed by atoms with van der Waals surface area (Å²) in [6.45, 7) is 0. The largest absolute Gasteiger partial charge is 0.338 e. The van der Waals surface area contributed by atoms with Crippen molar-refractivity contribution in [3.63, 3.8) is 0 Å². The average Bonchev–Trinajstić information content (AvgIpc) is 2.94. The van der Waals surface area contributed by atoms with Gasteiger partial charge in [0.1, 0.15) is 9.84 Å². The fraction of sp³-hybridized carbons (Fsp3) is 0.800. The smallest absolute Gasteiger partial charge is 0.243 e. The van der Waals surface area contributed by atoms with Gasteiger partial charge in [-0.15, -0.1) is 0 Å². The molecule has 6 nitrogen and oxygen atoms in total. The van der Waals surface area contributed by atoms with Gasteiger partial charge in [-0.3, -0.25) is 0 Å². The highest BCUT2D eigenvalue weighted by Gasteiger charge is 2.24. The van der Waals surface area contributed by atoms with Crippen LogP contribution in [0.4, 0.5) is 0 Å². The van der Waals surface area contributed by atoms with Gasteiger partial charge in [-0.05, 0) is 25.0 Å². The maximum atomic E-state index is 11.1. The van der Waals surface area contributed by atoms with E-state index in [4.69, 9.17) is 10.3 Å². The Morgan fingerprint density at radius 2 is 2.39 bits per heavy atom. The van der Waals surface area contributed by atoms with Crippen LogP contribution in [0.15, 0.2) is 4.52 Å². The van der Waals surface area contributed by atoms with Gasteiger partial charge < -0.3 is 10.3 Å². The molecule has 1 aromatic heterocycles. The Hall–Kier alpha value is -0.600. The highest BCUT2D eigenvalue weighted by Crippen LogP contribution is 2.38. The van der Waals surface area contributed by atoms with Gasteiger partial charge in [0.05, 0.1) is 17.0 Å². The third-order valence-corrected chi connectivity index (χ3v) is 5.14. The molecule has 102 valence electrons. The molecular formula is C10H17N3O3S2. The van der Waals surface area contributed by atoms with E-state index >= 15 is 0 Å². The van der Waals surface area contributed by atoms with Crippen LogP contribution in [0, 0.1) is 0 Å². The molecule has 1 aliphatic heterocycles. The third-order valence-electron chi connectivity index (χ3n) is 2.79. The standard InChI is InChI=1S/C10H17N3O3S2/c1-18(14,15)6-4-7(11)10-12-9(13-16-10)8-3-2-5-17-8/h7-8H,2-6,11H2,1H3. The van der Waals surface area contributed by atoms with E-state index in [1.54, 1.807) is 0 Å². The highest BCUT2D eigenvalue weighted by molar-refractivity contribution is 7.99. The summed E-state index contributed by atoms with van der Waals surface area (Å²) in [5, 5.41) is 4.22. The molecule has 0 aliphatic carbocycles. The van der Waals surface area contributed by atoms with Gasteiger partial charge in [0.2, 0.25) is 5.89 Å². The molecule has 8 heteroatoms. The predicted octanol–water partition coefficient (Wildman–Crippen LogP) is 1.07. The quantitative estimate of drug-likeness (QED) is 0.866. The number of nitrogens with two attached hydrogens (primary N) is 1. The molecule has 1 aliphatic rings. The second-order valence-corrected chi connectivity index (χ2v) is 8.09. The Kier molecular flexibility index (Phi) is 4.29. The Balaban J connectivity index is 1.96. The molecular weight excluding hydrogens is 274 g/mol. The first kappa shape index (κ1) is 13.8. The van der Waals surface area contributed by atoms with E-state index in [1.807, 2.05) is 11.8 Å². The molecule has 0 bridgehead atoms. The summed E-state index contributed by atoms with van der Waals surface area (Å²) in [6.07, 6.45) is 3.72. The SMILES string of the molecule is CS(=O)(=O)CCC(N)c1nc(C2CCCS2)no1. The maximum absolute atomic E-state index is 11.1. The molecule has 2 unspecified atom stereocenters. The highest BCUT2D eigenvalue weighted by atomic mass is 32.2. The van der Waals surface area contributed by atoms with Crippen molar-refractivity contribution in [2.75, 3.05) is 17.8 Å². The zero-order valence-corrected chi connectivity index (χ0v) is 11.8. The van der Waals surface area contributed by atoms with Crippen molar-refractivity contribution in [1.82, 2.24) is 10.1 Å². The van der Waals surface area contributed by atoms with E-state index < -0.39 is 15.9 Å². The minimum absolute atomic E-state index is 0.0318. The van der Waals surface area contributed by atoms with Crippen molar-refractivity contribution in [2.24, 2.45) is 5.73 Å². The van der Waals surface area contributed by atoms with Crippen molar-refractivity contribution in [3.8, 4) is 0 Å². The second-order valence-electron chi connectivity index (χ2n) is 4.52. The molecule has 0 aromatic carbocycles. The molecule has 1 aromatic rings. The van der Waals surface area contributed by atoms with Crippen molar-refractivity contribution in [1.29, 1.82) is 0 Å². The van der Waals surface area contributed by atoms with Crippen LogP contribution < -0.4 is 5.73 Å². The van der Waals surface area contributed by atoms with E-state index in [0.717, 1.165) is 12.2 Å². The number of sulfone groups is 1. The number of nitrogens with zero attached hydrogens (tertiary/aromatic N) is 2. The monoisotopic (exact) mass is 291 g/mol. The van der Waals surface area contributed by atoms with Gasteiger partial charge in [-0.2, -0.15) is 16.7 Å². The number of aromatic nitrogens is 2. The minimum Gasteiger partial charge on any atom is -0.338 e. The summed E-state index contributed by atoms with van der Waals surface area (Å²) in [4.78, 5) is 4.27. The van der Waals surface area contributed by atoms with Gasteiger partial charge in [0.25, 0.3) is 0 Å². The molecule has 2 heterocycles. The molecule has 2 N–H and O–H groups in total. The average molecular weight is 291 g/mol. The van der Waals surface area contributed by atoms with Gasteiger partial charge in [-0.1, -0.05) is 5.16 Å². The molecule has 0 amide bonds. The van der Waals surface area contributed by atoms with Gasteiger partial charge in [0.15, 0.2) is 5.82 Å². The zero-order valence-electron chi connectivity index (χ0n) is 10.2. The maximum Gasteiger partial charge on any atom is 0.243 e. The predicted molar refractivity (Wildman–Crippen MR) is 70.0 cm³/mol. The minimum atomic E-state index is -3.01. The summed E-state index contributed by atoms with van der Waals surface area (Å²) in [5.41, 5.74) is 5.85. The summed E-state index contributed by atoms with van der Waals surface area (Å²) in [7, 11) is -3.01. The van der Waals surface area contributed by atoms with Crippen LogP contribution in [0.3, 0.4) is 0 Å². The van der Waals surface area contributed by atoms with Crippen LogP contribution in [0.25, 0.3) is 0 Å². The van der Waals surface area contributed by atoms with Crippen LogP contribution >= 0.6 is 11.8 Å². The first-order chi connectivity index (χ1) is 8.46. The van der Waals surface area contributed by atoms with Gasteiger partial charge >= 0.3 is 0 Å². The van der Waals surface area contributed by atoms with Crippen LogP contribution in [0.1, 0.15) is 42.3 Å². The lowest BCUT2D eigenvalue weighted by atomic mass is 10.2. The number of thioether (sulfide) groups is 1. The normalized spacial score (nSPS) is 22.2. The summed E-state index contributed by atoms with van der Waals surface area (Å²) >= 11 is 1.82. The van der Waals surface area contributed by atoms with Gasteiger partial charge in [-0.25, -0.2) is 8.42 Å². The first-order valence-corrected chi connectivity index (χ1v) is 8.95. The lowest BCUT2D eigenvalue weighted by Crippen LogP contribution is -2.16. The summed E-state index contributed by atoms with van der Waals surface area (Å²) < 4.78 is 27.2. The molecule has 0 saturated carbocycles. The molecule has 2 atom stereocenters. The Morgan fingerprint density at radius 3 is 3.00 bits per heavy atom. The van der Waals surface area contributed by atoms with Gasteiger partial charge in [0, 0.05) is 6.26 Å². The lowest BCUT2D eigenvalue weighted by molar-refractivity contribution is 0.348. The molecule has 2 rings (SSSR count). The van der Waals surface area contributed by atoms with Crippen molar-refractivity contribution in [2.45, 2.75) is 30.6 Å². The molecule has 0 radical (unpaired) electrons. The Morgan fingerprint density at radius 1 is 1.61 bits per heavy atom. The van der Waals surface area contributed by atoms with Crippen molar-refractivity contribution >= 4 is 21.6 Å². The summed E-state index contributed by atoms with van der Waals surface area (Å²) in [5.74, 6) is 2.17. The third kappa shape index (κ3) is 3.69. The van der Waals surface area contributed by atoms with E-state index in [1.165, 1.54) is 12.7 Å². The Labute approximate surface area is 111 Å². The Bertz CT molecular complexity index is 494. The van der Waals surface area contributed by atoms with E-state index in [0.29, 0.717) is 23.4 Å². The van der Waals surface area contributed by atoms with Crippen molar-refractivity contribution in [3.05, 3.63) is 11.7 Å².